The normalized spacial score (nSPS) is 9.25. The number of hydrogen-bond acceptors (Lipinski definition) is 0. The quantitative estimate of drug-likeness (QED) is 0.416. The maximum Gasteiger partial charge on any atom is 0.0175 e. The second-order valence-corrected chi connectivity index (χ2v) is 2.09. The van der Waals surface area contributed by atoms with Crippen LogP contribution in [-0.4, -0.2) is 0 Å². The summed E-state index contributed by atoms with van der Waals surface area (Å²) in [7, 11) is 0. The van der Waals surface area contributed by atoms with E-state index in [1.807, 2.05) is 13.8 Å². The van der Waals surface area contributed by atoms with Crippen molar-refractivity contribution in [3.05, 3.63) is 13.8 Å². The van der Waals surface area contributed by atoms with Crippen molar-refractivity contribution in [3.63, 3.8) is 0 Å². The molecule has 0 nitrogen and oxygen atoms in total. The van der Waals surface area contributed by atoms with Crippen LogP contribution in [-0.2, 0) is 0 Å². The van der Waals surface area contributed by atoms with Crippen LogP contribution in [0.4, 0.5) is 0 Å². The maximum absolute atomic E-state index is 3.71. The van der Waals surface area contributed by atoms with Crippen LogP contribution in [0.15, 0.2) is 0 Å². The molecule has 0 aromatic heterocycles. The first kappa shape index (κ1) is 7.56. The Morgan fingerprint density at radius 3 is 1.38 bits per heavy atom. The summed E-state index contributed by atoms with van der Waals surface area (Å²) in [5.41, 5.74) is 0. The van der Waals surface area contributed by atoms with Gasteiger partial charge in [0.1, 0.15) is 0 Å². The van der Waals surface area contributed by atoms with Gasteiger partial charge in [-0.2, -0.15) is 0 Å². The molecule has 0 heteroatoms. The molecule has 2 radical (unpaired) electrons. The molecule has 2 unspecified atom stereocenters. The van der Waals surface area contributed by atoms with E-state index < -0.39 is 0 Å². The summed E-state index contributed by atoms with van der Waals surface area (Å²) in [5, 5.41) is 0. The van der Waals surface area contributed by atoms with Gasteiger partial charge in [0.15, 0.2) is 0 Å². The van der Waals surface area contributed by atoms with Gasteiger partial charge >= 0.3 is 0 Å². The summed E-state index contributed by atoms with van der Waals surface area (Å²) in [6.07, 6.45) is 0. The molecule has 0 spiro atoms. The molecular formula is C8H12. The first-order chi connectivity index (χ1) is 3.63. The zero-order valence-electron chi connectivity index (χ0n) is 5.57. The SMILES string of the molecule is [CH2]C(C)C#CC([CH2])C. The molecule has 0 aliphatic rings. The summed E-state index contributed by atoms with van der Waals surface area (Å²) >= 11 is 0. The standard InChI is InChI=1S/C8H12/c1-7(2)5-6-8(3)4/h7-8H,1,3H2,2,4H3. The van der Waals surface area contributed by atoms with Crippen LogP contribution in [0.3, 0.4) is 0 Å². The average Bonchev–Trinajstić information content (AvgIpc) is 1.61. The fourth-order valence-electron chi connectivity index (χ4n) is 0.285. The van der Waals surface area contributed by atoms with Gasteiger partial charge in [0.05, 0.1) is 0 Å². The predicted octanol–water partition coefficient (Wildman–Crippen LogP) is 1.93. The Labute approximate surface area is 52.3 Å². The van der Waals surface area contributed by atoms with Gasteiger partial charge in [0, 0.05) is 11.8 Å². The molecular weight excluding hydrogens is 96.1 g/mol. The third-order valence-corrected chi connectivity index (χ3v) is 0.576. The van der Waals surface area contributed by atoms with E-state index in [9.17, 15) is 0 Å². The number of rotatable bonds is 0. The van der Waals surface area contributed by atoms with Crippen molar-refractivity contribution in [2.45, 2.75) is 13.8 Å². The van der Waals surface area contributed by atoms with Crippen LogP contribution in [0.1, 0.15) is 13.8 Å². The molecule has 2 atom stereocenters. The van der Waals surface area contributed by atoms with Gasteiger partial charge in [-0.15, -0.1) is 0 Å². The maximum atomic E-state index is 3.71. The Morgan fingerprint density at radius 1 is 1.00 bits per heavy atom. The summed E-state index contributed by atoms with van der Waals surface area (Å²) < 4.78 is 0. The summed E-state index contributed by atoms with van der Waals surface area (Å²) in [6.45, 7) is 11.4. The van der Waals surface area contributed by atoms with Gasteiger partial charge in [0.2, 0.25) is 0 Å². The Morgan fingerprint density at radius 2 is 1.25 bits per heavy atom. The molecule has 0 amide bonds. The van der Waals surface area contributed by atoms with Gasteiger partial charge in [-0.05, 0) is 13.8 Å². The average molecular weight is 108 g/mol. The molecule has 0 aromatic rings. The van der Waals surface area contributed by atoms with E-state index in [0.717, 1.165) is 0 Å². The zero-order valence-corrected chi connectivity index (χ0v) is 5.57. The van der Waals surface area contributed by atoms with E-state index in [1.165, 1.54) is 0 Å². The lowest BCUT2D eigenvalue weighted by molar-refractivity contribution is 0.939. The molecule has 0 aliphatic heterocycles. The molecule has 44 valence electrons. The van der Waals surface area contributed by atoms with Gasteiger partial charge in [-0.1, -0.05) is 25.7 Å². The minimum atomic E-state index is 0.235. The molecule has 0 heterocycles. The van der Waals surface area contributed by atoms with Crippen molar-refractivity contribution in [2.24, 2.45) is 11.8 Å². The zero-order chi connectivity index (χ0) is 6.57. The fourth-order valence-corrected chi connectivity index (χ4v) is 0.285. The minimum absolute atomic E-state index is 0.235. The van der Waals surface area contributed by atoms with Crippen molar-refractivity contribution in [2.75, 3.05) is 0 Å². The van der Waals surface area contributed by atoms with Crippen molar-refractivity contribution >= 4 is 0 Å². The highest BCUT2D eigenvalue weighted by atomic mass is 13.9. The van der Waals surface area contributed by atoms with Crippen LogP contribution in [0.5, 0.6) is 0 Å². The second kappa shape index (κ2) is 3.55. The smallest absolute Gasteiger partial charge is 0.0175 e. The molecule has 8 heavy (non-hydrogen) atoms. The highest BCUT2D eigenvalue weighted by Crippen LogP contribution is 1.89. The second-order valence-electron chi connectivity index (χ2n) is 2.09. The predicted molar refractivity (Wildman–Crippen MR) is 36.8 cm³/mol. The lowest BCUT2D eigenvalue weighted by atomic mass is 10.2. The van der Waals surface area contributed by atoms with Crippen molar-refractivity contribution < 1.29 is 0 Å². The van der Waals surface area contributed by atoms with Crippen LogP contribution < -0.4 is 0 Å². The van der Waals surface area contributed by atoms with Crippen LogP contribution in [0.25, 0.3) is 0 Å². The van der Waals surface area contributed by atoms with Gasteiger partial charge in [0.25, 0.3) is 0 Å². The van der Waals surface area contributed by atoms with Gasteiger partial charge in [-0.25, -0.2) is 0 Å². The van der Waals surface area contributed by atoms with Crippen LogP contribution >= 0.6 is 0 Å². The van der Waals surface area contributed by atoms with E-state index >= 15 is 0 Å². The topological polar surface area (TPSA) is 0 Å². The summed E-state index contributed by atoms with van der Waals surface area (Å²) in [5.74, 6) is 6.31. The Hall–Kier alpha value is -0.440. The lowest BCUT2D eigenvalue weighted by Gasteiger charge is -1.89. The fraction of sp³-hybridized carbons (Fsp3) is 0.500. The Balaban J connectivity index is 3.50. The molecule has 0 N–H and O–H groups in total. The summed E-state index contributed by atoms with van der Waals surface area (Å²) in [6, 6.07) is 0. The Bertz CT molecular complexity index is 86.9. The third-order valence-electron chi connectivity index (χ3n) is 0.576. The summed E-state index contributed by atoms with van der Waals surface area (Å²) in [4.78, 5) is 0. The van der Waals surface area contributed by atoms with E-state index in [0.29, 0.717) is 0 Å². The Kier molecular flexibility index (Phi) is 3.35. The lowest BCUT2D eigenvalue weighted by Crippen LogP contribution is -1.83. The third kappa shape index (κ3) is 5.56. The van der Waals surface area contributed by atoms with Crippen molar-refractivity contribution in [3.8, 4) is 11.8 Å². The molecule has 0 saturated heterocycles. The largest absolute Gasteiger partial charge is 0.0999 e. The molecule has 0 bridgehead atoms. The highest BCUT2D eigenvalue weighted by molar-refractivity contribution is 5.06. The first-order valence-corrected chi connectivity index (χ1v) is 2.80. The molecule has 0 aliphatic carbocycles. The molecule has 0 aromatic carbocycles. The van der Waals surface area contributed by atoms with Gasteiger partial charge in [-0.3, -0.25) is 0 Å². The van der Waals surface area contributed by atoms with E-state index in [2.05, 4.69) is 25.7 Å². The molecule has 0 rings (SSSR count). The monoisotopic (exact) mass is 108 g/mol. The number of hydrogen-bond donors (Lipinski definition) is 0. The van der Waals surface area contributed by atoms with Crippen molar-refractivity contribution in [1.82, 2.24) is 0 Å². The molecule has 0 fully saturated rings. The minimum Gasteiger partial charge on any atom is -0.0999 e. The van der Waals surface area contributed by atoms with Crippen LogP contribution in [0.2, 0.25) is 0 Å². The highest BCUT2D eigenvalue weighted by Gasteiger charge is 1.83. The van der Waals surface area contributed by atoms with E-state index in [4.69, 9.17) is 0 Å². The van der Waals surface area contributed by atoms with E-state index in [-0.39, 0.29) is 11.8 Å². The molecule has 0 saturated carbocycles. The van der Waals surface area contributed by atoms with Gasteiger partial charge < -0.3 is 0 Å². The van der Waals surface area contributed by atoms with E-state index in [1.54, 1.807) is 0 Å². The van der Waals surface area contributed by atoms with Crippen molar-refractivity contribution in [1.29, 1.82) is 0 Å². The first-order valence-electron chi connectivity index (χ1n) is 2.80. The van der Waals surface area contributed by atoms with Crippen LogP contribution in [0, 0.1) is 37.5 Å².